The second-order valence-corrected chi connectivity index (χ2v) is 8.78. The molecule has 1 heterocycles. The minimum absolute atomic E-state index is 0.0466. The van der Waals surface area contributed by atoms with Crippen LogP contribution in [0.4, 0.5) is 5.13 Å². The van der Waals surface area contributed by atoms with E-state index in [4.69, 9.17) is 22.7 Å². The number of nitrogens with two attached hydrogens (primary N) is 3. The number of thioether (sulfide) groups is 1. The van der Waals surface area contributed by atoms with Gasteiger partial charge >= 0.3 is 0 Å². The van der Waals surface area contributed by atoms with Crippen LogP contribution in [0.25, 0.3) is 0 Å². The van der Waals surface area contributed by atoms with E-state index in [1.807, 2.05) is 5.38 Å². The van der Waals surface area contributed by atoms with Gasteiger partial charge in [-0.2, -0.15) is 29.6 Å². The molecule has 0 bridgehead atoms. The van der Waals surface area contributed by atoms with Gasteiger partial charge in [0.25, 0.3) is 10.0 Å². The molecule has 12 heteroatoms. The first-order valence-electron chi connectivity index (χ1n) is 7.35. The molecule has 0 aliphatic rings. The summed E-state index contributed by atoms with van der Waals surface area (Å²) in [4.78, 5) is 8.16. The quantitative estimate of drug-likeness (QED) is 0.166. The number of nitrogens with one attached hydrogen (secondary N) is 1. The summed E-state index contributed by atoms with van der Waals surface area (Å²) >= 11 is 2.83. The molecule has 1 aromatic carbocycles. The van der Waals surface area contributed by atoms with E-state index in [0.717, 1.165) is 5.69 Å². The van der Waals surface area contributed by atoms with Crippen LogP contribution < -0.4 is 17.3 Å². The number of nitrogens with zero attached hydrogens (tertiary/aromatic N) is 3. The van der Waals surface area contributed by atoms with Crippen molar-refractivity contribution in [2.45, 2.75) is 17.1 Å². The zero-order chi connectivity index (χ0) is 19.2. The smallest absolute Gasteiger partial charge is 0.278 e. The number of aromatic nitrogens is 1. The molecule has 0 aliphatic carbocycles. The molecule has 0 aliphatic heterocycles. The van der Waals surface area contributed by atoms with Gasteiger partial charge in [0.15, 0.2) is 5.96 Å². The van der Waals surface area contributed by atoms with E-state index < -0.39 is 10.0 Å². The summed E-state index contributed by atoms with van der Waals surface area (Å²) in [5, 5.41) is 10.2. The molecular formula is C14H19N7O2S3. The van der Waals surface area contributed by atoms with Crippen LogP contribution >= 0.6 is 23.1 Å². The molecule has 0 atom stereocenters. The van der Waals surface area contributed by atoms with Crippen molar-refractivity contribution < 1.29 is 8.42 Å². The van der Waals surface area contributed by atoms with Gasteiger partial charge in [-0.25, -0.2) is 10.8 Å². The molecule has 0 saturated carbocycles. The number of guanidine groups is 1. The van der Waals surface area contributed by atoms with E-state index in [1.165, 1.54) is 35.2 Å². The number of sulfonamides is 1. The number of rotatable bonds is 8. The number of thiazole rings is 1. The zero-order valence-electron chi connectivity index (χ0n) is 13.7. The highest BCUT2D eigenvalue weighted by atomic mass is 32.2. The molecule has 0 saturated heterocycles. The van der Waals surface area contributed by atoms with Gasteiger partial charge in [-0.3, -0.25) is 5.41 Å². The summed E-state index contributed by atoms with van der Waals surface area (Å²) in [7, 11) is -3.91. The Balaban J connectivity index is 1.83. The predicted molar refractivity (Wildman–Crippen MR) is 106 cm³/mol. The largest absolute Gasteiger partial charge is 0.370 e. The van der Waals surface area contributed by atoms with Crippen LogP contribution in [0.2, 0.25) is 0 Å². The summed E-state index contributed by atoms with van der Waals surface area (Å²) in [6.45, 7) is 0. The highest BCUT2D eigenvalue weighted by molar-refractivity contribution is 7.98. The minimum Gasteiger partial charge on any atom is -0.370 e. The first-order valence-corrected chi connectivity index (χ1v) is 10.8. The second kappa shape index (κ2) is 8.98. The zero-order valence-corrected chi connectivity index (χ0v) is 16.1. The average molecular weight is 414 g/mol. The highest BCUT2D eigenvalue weighted by Crippen LogP contribution is 2.22. The number of amidine groups is 1. The first kappa shape index (κ1) is 20.2. The Bertz CT molecular complexity index is 877. The molecule has 9 nitrogen and oxygen atoms in total. The molecular weight excluding hydrogens is 394 g/mol. The van der Waals surface area contributed by atoms with Gasteiger partial charge in [-0.15, -0.1) is 11.3 Å². The number of hydrogen-bond acceptors (Lipinski definition) is 8. The number of aliphatic imine (C=N–C) groups is 1. The summed E-state index contributed by atoms with van der Waals surface area (Å²) in [6.07, 6.45) is 0.206. The maximum atomic E-state index is 12.3. The molecule has 26 heavy (non-hydrogen) atoms. The lowest BCUT2D eigenvalue weighted by atomic mass is 10.4. The maximum absolute atomic E-state index is 12.3. The molecule has 2 aromatic rings. The molecule has 1 aromatic heterocycles. The molecule has 0 spiro atoms. The Labute approximate surface area is 159 Å². The molecule has 0 amide bonds. The highest BCUT2D eigenvalue weighted by Gasteiger charge is 2.23. The van der Waals surface area contributed by atoms with Crippen LogP contribution in [-0.4, -0.2) is 35.4 Å². The Morgan fingerprint density at radius 3 is 2.65 bits per heavy atom. The lowest BCUT2D eigenvalue weighted by Gasteiger charge is -2.19. The summed E-state index contributed by atoms with van der Waals surface area (Å²) in [5.74, 6) is 6.52. The third-order valence-corrected chi connectivity index (χ3v) is 6.45. The Morgan fingerprint density at radius 2 is 2.00 bits per heavy atom. The van der Waals surface area contributed by atoms with Gasteiger partial charge in [0.1, 0.15) is 5.84 Å². The Kier molecular flexibility index (Phi) is 6.97. The fraction of sp³-hybridized carbons (Fsp3) is 0.214. The van der Waals surface area contributed by atoms with E-state index in [0.29, 0.717) is 21.1 Å². The van der Waals surface area contributed by atoms with E-state index >= 15 is 0 Å². The van der Waals surface area contributed by atoms with Gasteiger partial charge in [0, 0.05) is 23.3 Å². The fourth-order valence-corrected chi connectivity index (χ4v) is 4.59. The summed E-state index contributed by atoms with van der Waals surface area (Å²) in [5.41, 5.74) is 11.4. The standard InChI is InChI=1S/C14H19N7O2S3/c15-12(21(18)26(22,23)11-4-2-1-3-5-11)6-7-24-8-10-9-25-14(19-10)20-13(16)17/h1-5,9,15H,6-8,18H2,(H4,16,17,19,20). The monoisotopic (exact) mass is 413 g/mol. The lowest BCUT2D eigenvalue weighted by molar-refractivity contribution is 0.527. The van der Waals surface area contributed by atoms with Crippen LogP contribution in [0.3, 0.4) is 0 Å². The van der Waals surface area contributed by atoms with Crippen molar-refractivity contribution in [2.75, 3.05) is 5.75 Å². The predicted octanol–water partition coefficient (Wildman–Crippen LogP) is 1.21. The molecule has 0 fully saturated rings. The summed E-state index contributed by atoms with van der Waals surface area (Å²) in [6, 6.07) is 7.79. The van der Waals surface area contributed by atoms with Crippen molar-refractivity contribution in [3.05, 3.63) is 41.4 Å². The third kappa shape index (κ3) is 5.42. The van der Waals surface area contributed by atoms with Crippen molar-refractivity contribution in [3.8, 4) is 0 Å². The van der Waals surface area contributed by atoms with Crippen molar-refractivity contribution in [3.63, 3.8) is 0 Å². The Hall–Kier alpha value is -2.15. The SMILES string of the molecule is N=C(CCSCc1csc(N=C(N)N)n1)N(N)S(=O)(=O)c1ccccc1. The Morgan fingerprint density at radius 1 is 1.31 bits per heavy atom. The lowest BCUT2D eigenvalue weighted by Crippen LogP contribution is -2.42. The fourth-order valence-electron chi connectivity index (χ4n) is 1.83. The van der Waals surface area contributed by atoms with E-state index in [2.05, 4.69) is 9.98 Å². The third-order valence-electron chi connectivity index (χ3n) is 3.06. The molecule has 0 unspecified atom stereocenters. The van der Waals surface area contributed by atoms with Crippen LogP contribution in [0, 0.1) is 5.41 Å². The van der Waals surface area contributed by atoms with Gasteiger partial charge in [0.2, 0.25) is 5.13 Å². The number of hydrogen-bond donors (Lipinski definition) is 4. The number of benzene rings is 1. The van der Waals surface area contributed by atoms with Crippen molar-refractivity contribution >= 4 is 50.0 Å². The average Bonchev–Trinajstić information content (AvgIpc) is 3.05. The van der Waals surface area contributed by atoms with Crippen LogP contribution in [-0.2, 0) is 15.8 Å². The van der Waals surface area contributed by atoms with Crippen LogP contribution in [0.15, 0.2) is 45.6 Å². The van der Waals surface area contributed by atoms with E-state index in [1.54, 1.807) is 18.2 Å². The molecule has 140 valence electrons. The molecule has 7 N–H and O–H groups in total. The topological polar surface area (TPSA) is 165 Å². The van der Waals surface area contributed by atoms with Gasteiger partial charge in [-0.05, 0) is 12.1 Å². The van der Waals surface area contributed by atoms with Crippen molar-refractivity contribution in [1.29, 1.82) is 5.41 Å². The first-order chi connectivity index (χ1) is 12.3. The second-order valence-electron chi connectivity index (χ2n) is 5.02. The van der Waals surface area contributed by atoms with Crippen LogP contribution in [0.1, 0.15) is 12.1 Å². The van der Waals surface area contributed by atoms with Gasteiger partial charge < -0.3 is 11.5 Å². The normalized spacial score (nSPS) is 11.1. The minimum atomic E-state index is -3.91. The van der Waals surface area contributed by atoms with Crippen molar-refractivity contribution in [1.82, 2.24) is 9.40 Å². The summed E-state index contributed by atoms with van der Waals surface area (Å²) < 4.78 is 25.2. The number of hydrazine groups is 1. The molecule has 2 rings (SSSR count). The van der Waals surface area contributed by atoms with Crippen molar-refractivity contribution in [2.24, 2.45) is 22.3 Å². The van der Waals surface area contributed by atoms with Gasteiger partial charge in [0.05, 0.1) is 10.6 Å². The van der Waals surface area contributed by atoms with E-state index in [-0.39, 0.29) is 23.1 Å². The molecule has 0 radical (unpaired) electrons. The van der Waals surface area contributed by atoms with E-state index in [9.17, 15) is 8.42 Å². The maximum Gasteiger partial charge on any atom is 0.278 e. The van der Waals surface area contributed by atoms with Gasteiger partial charge in [-0.1, -0.05) is 18.2 Å². The van der Waals surface area contributed by atoms with Crippen LogP contribution in [0.5, 0.6) is 0 Å².